The number of carbonyl (C=O) groups excluding carboxylic acids is 14. The molecule has 46 nitrogen and oxygen atoms in total. The molecular formula is C65H50N28O18. The Morgan fingerprint density at radius 2 is 0.712 bits per heavy atom. The van der Waals surface area contributed by atoms with Crippen molar-refractivity contribution >= 4 is 118 Å². The molecule has 6 heterocycles. The minimum atomic E-state index is -0.768. The number of benzene rings is 6. The Bertz CT molecular complexity index is 4950. The Balaban J connectivity index is 0.000000186. The van der Waals surface area contributed by atoms with E-state index in [0.29, 0.717) is 76.4 Å². The summed E-state index contributed by atoms with van der Waals surface area (Å²) in [6, 6.07) is 31.5. The van der Waals surface area contributed by atoms with Gasteiger partial charge in [-0.2, -0.15) is 0 Å². The molecule has 6 aliphatic heterocycles. The summed E-state index contributed by atoms with van der Waals surface area (Å²) in [4.78, 5) is 171. The summed E-state index contributed by atoms with van der Waals surface area (Å²) in [5, 5.41) is 50.1. The number of hydrogen-bond donors (Lipinski definition) is 1. The van der Waals surface area contributed by atoms with Crippen LogP contribution in [0.2, 0.25) is 0 Å². The van der Waals surface area contributed by atoms with E-state index < -0.39 is 72.4 Å². The number of ketones is 1. The summed E-state index contributed by atoms with van der Waals surface area (Å²) in [5.41, 5.74) is 29.0. The van der Waals surface area contributed by atoms with Crippen LogP contribution in [-0.4, -0.2) is 143 Å². The second-order valence-electron chi connectivity index (χ2n) is 20.8. The average Bonchev–Trinajstić information content (AvgIpc) is 1.88. The number of terminal acetylenes is 1. The number of nitrogens with zero attached hydrogens (tertiary/aromatic N) is 27. The van der Waals surface area contributed by atoms with Gasteiger partial charge in [-0.3, -0.25) is 9.59 Å². The number of nitrogens with one attached hydrogen (secondary N) is 1. The largest absolute Gasteiger partial charge is 0.491 e. The lowest BCUT2D eigenvalue weighted by Gasteiger charge is -2.11. The van der Waals surface area contributed by atoms with Crippen molar-refractivity contribution in [2.75, 3.05) is 88.7 Å². The molecule has 558 valence electrons. The number of Topliss-reactive ketones (excluding diaryl/α,β-unsaturated/α-hetero) is 1. The zero-order valence-corrected chi connectivity index (χ0v) is 57.2. The number of imide groups is 6. The molecule has 0 aromatic heterocycles. The molecule has 1 N–H and O–H groups in total. The van der Waals surface area contributed by atoms with Gasteiger partial charge in [-0.25, -0.2) is 86.9 Å². The first-order chi connectivity index (χ1) is 53.6. The van der Waals surface area contributed by atoms with Crippen molar-refractivity contribution in [1.29, 1.82) is 0 Å². The number of ether oxygens (including phenoxy) is 4. The summed E-state index contributed by atoms with van der Waals surface area (Å²) in [6.45, 7) is 5.88. The van der Waals surface area contributed by atoms with Crippen LogP contribution in [0.1, 0.15) is 38.8 Å². The van der Waals surface area contributed by atoms with Gasteiger partial charge in [0.15, 0.2) is 5.78 Å². The van der Waals surface area contributed by atoms with Gasteiger partial charge in [-0.15, -0.1) is 6.42 Å². The van der Waals surface area contributed by atoms with Gasteiger partial charge in [0, 0.05) is 51.1 Å². The van der Waals surface area contributed by atoms with Crippen LogP contribution in [0.4, 0.5) is 91.7 Å². The Morgan fingerprint density at radius 1 is 0.405 bits per heavy atom. The van der Waals surface area contributed by atoms with E-state index in [1.54, 1.807) is 72.8 Å². The van der Waals surface area contributed by atoms with Crippen LogP contribution in [0, 0.1) is 31.2 Å². The number of anilines is 6. The first-order valence-corrected chi connectivity index (χ1v) is 31.1. The molecule has 0 fully saturated rings. The third-order valence-corrected chi connectivity index (χ3v) is 13.6. The zero-order chi connectivity index (χ0) is 80.2. The van der Waals surface area contributed by atoms with Crippen LogP contribution in [0.5, 0.6) is 11.5 Å². The second kappa shape index (κ2) is 41.7. The molecule has 0 saturated heterocycles. The molecule has 0 radical (unpaired) electrons. The highest BCUT2D eigenvalue weighted by Crippen LogP contribution is 2.28. The minimum absolute atomic E-state index is 0.0833. The molecule has 6 aromatic rings. The van der Waals surface area contributed by atoms with Crippen molar-refractivity contribution in [3.05, 3.63) is 199 Å². The van der Waals surface area contributed by atoms with E-state index in [1.807, 2.05) is 19.1 Å². The lowest BCUT2D eigenvalue weighted by molar-refractivity contribution is 0.0919. The Morgan fingerprint density at radius 3 is 1.04 bits per heavy atom. The molecular weight excluding hydrogens is 1460 g/mol. The molecule has 0 spiro atoms. The molecule has 0 saturated carbocycles. The fraction of sp³-hybridized carbons (Fsp3) is 0.169. The number of azo groups is 6. The minimum Gasteiger partial charge on any atom is -0.491 e. The van der Waals surface area contributed by atoms with E-state index >= 15 is 0 Å². The van der Waals surface area contributed by atoms with Crippen molar-refractivity contribution in [1.82, 2.24) is 5.32 Å². The Hall–Kier alpha value is -16.5. The first kappa shape index (κ1) is 81.8. The third kappa shape index (κ3) is 24.0. The number of carbonyl (C=O) groups is 14. The monoisotopic (exact) mass is 1510 g/mol. The van der Waals surface area contributed by atoms with E-state index in [-0.39, 0.29) is 56.8 Å². The molecule has 0 bridgehead atoms. The molecule has 46 heteroatoms. The van der Waals surface area contributed by atoms with Crippen molar-refractivity contribution in [2.24, 2.45) is 76.7 Å². The third-order valence-electron chi connectivity index (χ3n) is 13.6. The maximum Gasteiger partial charge on any atom is 0.375 e. The second-order valence-corrected chi connectivity index (χ2v) is 20.8. The van der Waals surface area contributed by atoms with Crippen LogP contribution in [0.15, 0.2) is 222 Å². The maximum absolute atomic E-state index is 11.9. The predicted molar refractivity (Wildman–Crippen MR) is 380 cm³/mol. The van der Waals surface area contributed by atoms with Crippen molar-refractivity contribution in [3.63, 3.8) is 0 Å². The van der Waals surface area contributed by atoms with Crippen molar-refractivity contribution in [3.8, 4) is 35.8 Å². The Kier molecular flexibility index (Phi) is 30.7. The van der Waals surface area contributed by atoms with Gasteiger partial charge in [-0.05, 0) is 175 Å². The van der Waals surface area contributed by atoms with Crippen LogP contribution in [-0.2, 0) is 9.47 Å². The molecule has 6 aliphatic rings. The molecule has 0 aliphatic carbocycles. The number of rotatable bonds is 23. The molecule has 25 amide bonds. The molecule has 0 unspecified atom stereocenters. The average molecular weight is 1510 g/mol. The summed E-state index contributed by atoms with van der Waals surface area (Å²) in [6.07, 6.45) is 5.04. The highest BCUT2D eigenvalue weighted by atomic mass is 16.5. The maximum atomic E-state index is 11.9. The number of urea groups is 12. The summed E-state index contributed by atoms with van der Waals surface area (Å²) in [5.74, 6) is 5.62. The molecule has 0 atom stereocenters. The summed E-state index contributed by atoms with van der Waals surface area (Å²) in [7, 11) is 0. The fourth-order valence-electron chi connectivity index (χ4n) is 8.54. The van der Waals surface area contributed by atoms with Crippen LogP contribution >= 0.6 is 0 Å². The SMILES string of the molecule is C#CCOc1ccc(N2C(=O)N=NC2=O)cc1.CC(=O)c1ccc(N2C(=O)N=NC2=O)cc1.Cc1ccc(N2C(=O)N=NC2=O)cc1.[N-]=[N+]=NC#Cc1ccc(N2C(=O)N=NC2=O)cc1.[N-]=[N+]=NCCOCCNC(=O)c1ccc(N2C(=O)N=NC2=O)cc1.[N-]=[N+]=NCCOCCOc1ccc(N2C(=O)N=NC2=O)cc1. The lowest BCUT2D eigenvalue weighted by Crippen LogP contribution is -2.28. The lowest BCUT2D eigenvalue weighted by atomic mass is 10.1. The Labute approximate surface area is 621 Å². The summed E-state index contributed by atoms with van der Waals surface area (Å²) < 4.78 is 20.9. The number of aryl methyl sites for hydroxylation is 1. The van der Waals surface area contributed by atoms with Gasteiger partial charge >= 0.3 is 72.4 Å². The zero-order valence-electron chi connectivity index (χ0n) is 57.2. The van der Waals surface area contributed by atoms with Crippen molar-refractivity contribution < 1.29 is 86.1 Å². The first-order valence-electron chi connectivity index (χ1n) is 31.1. The molecule has 111 heavy (non-hydrogen) atoms. The number of hydrogen-bond acceptors (Lipinski definition) is 21. The normalized spacial score (nSPS) is 13.8. The van der Waals surface area contributed by atoms with Gasteiger partial charge < -0.3 is 24.3 Å². The predicted octanol–water partition coefficient (Wildman–Crippen LogP) is 15.1. The van der Waals surface area contributed by atoms with Crippen LogP contribution < -0.4 is 44.2 Å². The van der Waals surface area contributed by atoms with Gasteiger partial charge in [-0.1, -0.05) is 101 Å². The number of azide groups is 3. The smallest absolute Gasteiger partial charge is 0.375 e. The van der Waals surface area contributed by atoms with E-state index in [9.17, 15) is 67.1 Å². The fourth-order valence-corrected chi connectivity index (χ4v) is 8.54. The van der Waals surface area contributed by atoms with Gasteiger partial charge in [0.2, 0.25) is 0 Å². The standard InChI is InChI=1S/C13H13N7O4.C12H12N6O4.C11H7N3O3.C10H4N6O2.C10H7N3O3.C9H7N3O2/c14-19-16-6-8-24-7-5-15-11(21)9-1-3-10(4-2-9)20-12(22)17-18-13(20)23;13-17-14-5-6-21-7-8-22-10-3-1-9(2-4-10)18-11(19)15-16-12(18)20;1-2-7-17-9-5-3-8(4-6-9)14-10(15)12-13-11(14)16;11-15-12-6-5-7-1-3-8(4-2-7)16-9(17)13-14-10(16)18;1-6(14)7-2-4-8(5-3-7)13-9(15)11-12-10(13)16;1-6-2-4-7(5-3-6)12-8(13)10-11-9(12)14/h1-4H,5-8H2,(H,15,21);1-4H,5-8H2;1,3-6H,7H2;1-4H;2-5H,1H3;2-5H,1H3. The van der Waals surface area contributed by atoms with Gasteiger partial charge in [0.05, 0.1) is 60.6 Å². The highest BCUT2D eigenvalue weighted by Gasteiger charge is 2.34. The van der Waals surface area contributed by atoms with E-state index in [0.717, 1.165) is 35.0 Å². The van der Waals surface area contributed by atoms with Gasteiger partial charge in [0.1, 0.15) is 24.7 Å². The van der Waals surface area contributed by atoms with Crippen molar-refractivity contribution in [2.45, 2.75) is 13.8 Å². The highest BCUT2D eigenvalue weighted by molar-refractivity contribution is 6.21. The topological polar surface area (TPSA) is 602 Å². The van der Waals surface area contributed by atoms with E-state index in [4.69, 9.17) is 42.0 Å². The van der Waals surface area contributed by atoms with E-state index in [2.05, 4.69) is 115 Å². The van der Waals surface area contributed by atoms with E-state index in [1.165, 1.54) is 67.6 Å². The molecule has 12 rings (SSSR count). The quantitative estimate of drug-likeness (QED) is 0.0155. The summed E-state index contributed by atoms with van der Waals surface area (Å²) >= 11 is 0. The number of amides is 25. The van der Waals surface area contributed by atoms with Gasteiger partial charge in [0.25, 0.3) is 5.91 Å². The van der Waals surface area contributed by atoms with Crippen LogP contribution in [0.3, 0.4) is 0 Å². The molecule has 6 aromatic carbocycles. The van der Waals surface area contributed by atoms with Crippen LogP contribution in [0.25, 0.3) is 31.3 Å².